The molecule has 116 valence electrons. The van der Waals surface area contributed by atoms with Gasteiger partial charge in [-0.25, -0.2) is 4.79 Å². The molecule has 1 saturated heterocycles. The summed E-state index contributed by atoms with van der Waals surface area (Å²) in [7, 11) is 0. The Balaban J connectivity index is 2.23. The van der Waals surface area contributed by atoms with Crippen molar-refractivity contribution in [2.75, 3.05) is 26.2 Å². The van der Waals surface area contributed by atoms with Crippen molar-refractivity contribution in [3.05, 3.63) is 0 Å². The van der Waals surface area contributed by atoms with Gasteiger partial charge in [-0.3, -0.25) is 15.0 Å². The van der Waals surface area contributed by atoms with Crippen LogP contribution in [-0.2, 0) is 9.53 Å². The van der Waals surface area contributed by atoms with Crippen molar-refractivity contribution < 1.29 is 14.3 Å². The van der Waals surface area contributed by atoms with E-state index in [9.17, 15) is 9.59 Å². The number of rotatable bonds is 5. The summed E-state index contributed by atoms with van der Waals surface area (Å²) in [4.78, 5) is 25.3. The zero-order chi connectivity index (χ0) is 15.1. The van der Waals surface area contributed by atoms with Gasteiger partial charge in [0.1, 0.15) is 0 Å². The molecule has 1 aliphatic heterocycles. The normalized spacial score (nSPS) is 23.6. The Bertz CT molecular complexity index is 324. The molecule has 0 spiro atoms. The molecule has 0 aromatic rings. The van der Waals surface area contributed by atoms with E-state index in [2.05, 4.69) is 24.5 Å². The first-order valence-electron chi connectivity index (χ1n) is 7.32. The van der Waals surface area contributed by atoms with Gasteiger partial charge in [0.25, 0.3) is 0 Å². The second kappa shape index (κ2) is 8.21. The van der Waals surface area contributed by atoms with E-state index in [0.29, 0.717) is 25.6 Å². The lowest BCUT2D eigenvalue weighted by molar-refractivity contribution is -0.124. The maximum absolute atomic E-state index is 11.8. The Labute approximate surface area is 121 Å². The Morgan fingerprint density at radius 2 is 1.85 bits per heavy atom. The van der Waals surface area contributed by atoms with Crippen molar-refractivity contribution in [1.82, 2.24) is 15.5 Å². The zero-order valence-electron chi connectivity index (χ0n) is 12.9. The van der Waals surface area contributed by atoms with Crippen LogP contribution < -0.4 is 10.6 Å². The molecule has 6 nitrogen and oxygen atoms in total. The molecule has 0 radical (unpaired) electrons. The van der Waals surface area contributed by atoms with Gasteiger partial charge in [-0.15, -0.1) is 0 Å². The van der Waals surface area contributed by atoms with E-state index in [0.717, 1.165) is 6.42 Å². The number of ether oxygens (including phenoxy) is 1. The number of nitrogens with zero attached hydrogens (tertiary/aromatic N) is 1. The second-order valence-electron chi connectivity index (χ2n) is 5.94. The summed E-state index contributed by atoms with van der Waals surface area (Å²) < 4.78 is 5.60. The number of carbonyl (C=O) groups excluding carboxylic acids is 2. The second-order valence-corrected chi connectivity index (χ2v) is 5.94. The highest BCUT2D eigenvalue weighted by atomic mass is 16.5. The van der Waals surface area contributed by atoms with Crippen LogP contribution in [0.2, 0.25) is 0 Å². The van der Waals surface area contributed by atoms with E-state index < -0.39 is 6.03 Å². The topological polar surface area (TPSA) is 70.7 Å². The minimum atomic E-state index is -0.412. The number of hydrogen-bond donors (Lipinski definition) is 2. The Morgan fingerprint density at radius 3 is 2.40 bits per heavy atom. The highest BCUT2D eigenvalue weighted by Crippen LogP contribution is 2.09. The van der Waals surface area contributed by atoms with Crippen molar-refractivity contribution in [3.8, 4) is 0 Å². The van der Waals surface area contributed by atoms with Crippen LogP contribution in [0.5, 0.6) is 0 Å². The molecule has 2 N–H and O–H groups in total. The molecule has 3 amide bonds. The Kier molecular flexibility index (Phi) is 6.95. The van der Waals surface area contributed by atoms with Gasteiger partial charge in [0, 0.05) is 19.6 Å². The highest BCUT2D eigenvalue weighted by molar-refractivity contribution is 5.95. The van der Waals surface area contributed by atoms with Crippen molar-refractivity contribution >= 4 is 11.9 Å². The number of nitrogens with one attached hydrogen (secondary N) is 2. The third kappa shape index (κ3) is 6.86. The third-order valence-electron chi connectivity index (χ3n) is 3.12. The lowest BCUT2D eigenvalue weighted by Crippen LogP contribution is -2.51. The molecule has 0 aromatic carbocycles. The third-order valence-corrected chi connectivity index (χ3v) is 3.12. The standard InChI is InChI=1S/C14H27N3O3/c1-10(2)5-6-15-14(19)16-13(18)9-17-7-11(3)20-12(4)8-17/h10-12H,5-9H2,1-4H3,(H2,15,16,18,19)/t11-,12+. The summed E-state index contributed by atoms with van der Waals surface area (Å²) in [5.74, 6) is 0.260. The lowest BCUT2D eigenvalue weighted by Gasteiger charge is -2.34. The molecule has 6 heteroatoms. The van der Waals surface area contributed by atoms with E-state index in [1.807, 2.05) is 18.7 Å². The molecule has 1 rings (SSSR count). The van der Waals surface area contributed by atoms with Gasteiger partial charge in [-0.2, -0.15) is 0 Å². The Morgan fingerprint density at radius 1 is 1.25 bits per heavy atom. The minimum Gasteiger partial charge on any atom is -0.373 e. The number of morpholine rings is 1. The van der Waals surface area contributed by atoms with Crippen LogP contribution in [0.4, 0.5) is 4.79 Å². The van der Waals surface area contributed by atoms with Crippen molar-refractivity contribution in [3.63, 3.8) is 0 Å². The van der Waals surface area contributed by atoms with Crippen LogP contribution in [0.25, 0.3) is 0 Å². The van der Waals surface area contributed by atoms with Crippen LogP contribution in [-0.4, -0.2) is 55.2 Å². The molecular weight excluding hydrogens is 258 g/mol. The monoisotopic (exact) mass is 285 g/mol. The maximum Gasteiger partial charge on any atom is 0.321 e. The number of carbonyl (C=O) groups is 2. The molecule has 0 saturated carbocycles. The predicted octanol–water partition coefficient (Wildman–Crippen LogP) is 0.968. The minimum absolute atomic E-state index is 0.117. The average Bonchev–Trinajstić information content (AvgIpc) is 2.25. The summed E-state index contributed by atoms with van der Waals surface area (Å²) in [6, 6.07) is -0.412. The molecule has 1 heterocycles. The van der Waals surface area contributed by atoms with Gasteiger partial charge in [0.05, 0.1) is 18.8 Å². The fourth-order valence-corrected chi connectivity index (χ4v) is 2.30. The molecule has 20 heavy (non-hydrogen) atoms. The summed E-state index contributed by atoms with van der Waals surface area (Å²) in [6.07, 6.45) is 1.14. The molecule has 0 aliphatic carbocycles. The first-order valence-corrected chi connectivity index (χ1v) is 7.32. The lowest BCUT2D eigenvalue weighted by atomic mass is 10.1. The van der Waals surface area contributed by atoms with Crippen molar-refractivity contribution in [2.24, 2.45) is 5.92 Å². The number of hydrogen-bond acceptors (Lipinski definition) is 4. The number of amides is 3. The summed E-state index contributed by atoms with van der Waals surface area (Å²) in [6.45, 7) is 10.4. The van der Waals surface area contributed by atoms with E-state index >= 15 is 0 Å². The molecule has 0 unspecified atom stereocenters. The quantitative estimate of drug-likeness (QED) is 0.789. The highest BCUT2D eigenvalue weighted by Gasteiger charge is 2.24. The summed E-state index contributed by atoms with van der Waals surface area (Å²) in [5.41, 5.74) is 0. The number of imide groups is 1. The van der Waals surface area contributed by atoms with E-state index in [-0.39, 0.29) is 24.7 Å². The van der Waals surface area contributed by atoms with Gasteiger partial charge < -0.3 is 10.1 Å². The van der Waals surface area contributed by atoms with Crippen LogP contribution in [0.1, 0.15) is 34.1 Å². The average molecular weight is 285 g/mol. The number of urea groups is 1. The van der Waals surface area contributed by atoms with Gasteiger partial charge in [-0.1, -0.05) is 13.8 Å². The van der Waals surface area contributed by atoms with Crippen molar-refractivity contribution in [2.45, 2.75) is 46.3 Å². The predicted molar refractivity (Wildman–Crippen MR) is 77.4 cm³/mol. The van der Waals surface area contributed by atoms with Gasteiger partial charge >= 0.3 is 6.03 Å². The van der Waals surface area contributed by atoms with Gasteiger partial charge in [0.2, 0.25) is 5.91 Å². The summed E-state index contributed by atoms with van der Waals surface area (Å²) >= 11 is 0. The van der Waals surface area contributed by atoms with Gasteiger partial charge in [-0.05, 0) is 26.2 Å². The van der Waals surface area contributed by atoms with Gasteiger partial charge in [0.15, 0.2) is 0 Å². The van der Waals surface area contributed by atoms with Crippen molar-refractivity contribution in [1.29, 1.82) is 0 Å². The molecule has 2 atom stereocenters. The van der Waals surface area contributed by atoms with E-state index in [1.54, 1.807) is 0 Å². The first kappa shape index (κ1) is 16.9. The van der Waals surface area contributed by atoms with E-state index in [4.69, 9.17) is 4.74 Å². The van der Waals surface area contributed by atoms with Crippen LogP contribution in [0, 0.1) is 5.92 Å². The molecule has 1 aliphatic rings. The van der Waals surface area contributed by atoms with Crippen LogP contribution in [0.15, 0.2) is 0 Å². The molecular formula is C14H27N3O3. The first-order chi connectivity index (χ1) is 9.36. The largest absolute Gasteiger partial charge is 0.373 e. The molecule has 1 fully saturated rings. The fraction of sp³-hybridized carbons (Fsp3) is 0.857. The van der Waals surface area contributed by atoms with Crippen LogP contribution in [0.3, 0.4) is 0 Å². The molecule has 0 aromatic heterocycles. The Hall–Kier alpha value is -1.14. The zero-order valence-corrected chi connectivity index (χ0v) is 12.9. The fourth-order valence-electron chi connectivity index (χ4n) is 2.30. The van der Waals surface area contributed by atoms with Crippen LogP contribution >= 0.6 is 0 Å². The SMILES string of the molecule is CC(C)CCNC(=O)NC(=O)CN1C[C@@H](C)O[C@@H](C)C1. The van der Waals surface area contributed by atoms with E-state index in [1.165, 1.54) is 0 Å². The smallest absolute Gasteiger partial charge is 0.321 e. The summed E-state index contributed by atoms with van der Waals surface area (Å²) in [5, 5.41) is 5.04. The maximum atomic E-state index is 11.8. The molecule has 0 bridgehead atoms.